The van der Waals surface area contributed by atoms with Crippen LogP contribution in [-0.2, 0) is 25.7 Å². The average Bonchev–Trinajstić information content (AvgIpc) is 3.36. The summed E-state index contributed by atoms with van der Waals surface area (Å²) >= 11 is 5.51. The number of thioether (sulfide) groups is 1. The molecule has 2 saturated heterocycles. The second-order valence-corrected chi connectivity index (χ2v) is 12.2. The van der Waals surface area contributed by atoms with Crippen LogP contribution < -0.4 is 9.77 Å². The molecular weight excluding hydrogens is 597 g/mol. The van der Waals surface area contributed by atoms with Crippen molar-refractivity contribution in [1.82, 2.24) is 9.47 Å². The van der Waals surface area contributed by atoms with Crippen LogP contribution >= 0.6 is 39.0 Å². The number of imide groups is 1. The molecule has 2 fully saturated rings. The van der Waals surface area contributed by atoms with Crippen LogP contribution in [0.25, 0.3) is 0 Å². The summed E-state index contributed by atoms with van der Waals surface area (Å²) in [7, 11) is 0. The Labute approximate surface area is 233 Å². The van der Waals surface area contributed by atoms with Gasteiger partial charge in [0.1, 0.15) is 17.6 Å². The monoisotopic (exact) mass is 617 g/mol. The molecule has 38 heavy (non-hydrogen) atoms. The number of nitrogens with zero attached hydrogens (tertiary/aromatic N) is 3. The largest absolute Gasteiger partial charge is 0.378 e. The van der Waals surface area contributed by atoms with Gasteiger partial charge >= 0.3 is 4.87 Å². The molecule has 2 aromatic carbocycles. The third kappa shape index (κ3) is 4.33. The Morgan fingerprint density at radius 3 is 2.37 bits per heavy atom. The molecule has 196 valence electrons. The fraction of sp³-hybridized carbons (Fsp3) is 0.308. The highest BCUT2D eigenvalue weighted by Crippen LogP contribution is 2.53. The van der Waals surface area contributed by atoms with Crippen molar-refractivity contribution in [2.45, 2.75) is 22.7 Å². The smallest absolute Gasteiger partial charge is 0.308 e. The zero-order valence-electron chi connectivity index (χ0n) is 19.8. The van der Waals surface area contributed by atoms with Gasteiger partial charge in [0.05, 0.1) is 29.8 Å². The second kappa shape index (κ2) is 10.1. The number of ether oxygens (including phenoxy) is 1. The number of halogens is 2. The number of hydrogen-bond acceptors (Lipinski definition) is 7. The highest BCUT2D eigenvalue weighted by atomic mass is 79.9. The lowest BCUT2D eigenvalue weighted by Gasteiger charge is -2.31. The molecule has 3 aromatic rings. The van der Waals surface area contributed by atoms with Crippen molar-refractivity contribution in [3.63, 3.8) is 0 Å². The van der Waals surface area contributed by atoms with Gasteiger partial charge in [0, 0.05) is 28.4 Å². The van der Waals surface area contributed by atoms with Gasteiger partial charge in [-0.15, -0.1) is 0 Å². The maximum atomic E-state index is 13.8. The van der Waals surface area contributed by atoms with Crippen LogP contribution in [0.1, 0.15) is 16.4 Å². The molecule has 4 heterocycles. The molecule has 6 rings (SSSR count). The van der Waals surface area contributed by atoms with Crippen molar-refractivity contribution in [2.24, 2.45) is 5.92 Å². The molecule has 0 aliphatic carbocycles. The first kappa shape index (κ1) is 25.5. The summed E-state index contributed by atoms with van der Waals surface area (Å²) in [6.07, 6.45) is 0. The average molecular weight is 619 g/mol. The van der Waals surface area contributed by atoms with E-state index in [0.717, 1.165) is 27.6 Å². The lowest BCUT2D eigenvalue weighted by atomic mass is 9.83. The molecule has 0 saturated carbocycles. The Bertz CT molecular complexity index is 1480. The van der Waals surface area contributed by atoms with E-state index in [0.29, 0.717) is 47.5 Å². The number of rotatable bonds is 4. The summed E-state index contributed by atoms with van der Waals surface area (Å²) in [5.74, 6) is -2.80. The van der Waals surface area contributed by atoms with Crippen LogP contribution in [0.5, 0.6) is 0 Å². The maximum Gasteiger partial charge on any atom is 0.308 e. The Morgan fingerprint density at radius 2 is 1.68 bits per heavy atom. The summed E-state index contributed by atoms with van der Waals surface area (Å²) in [5, 5.41) is -0.288. The van der Waals surface area contributed by atoms with Gasteiger partial charge in [-0.1, -0.05) is 51.2 Å². The number of hydrogen-bond donors (Lipinski definition) is 0. The van der Waals surface area contributed by atoms with Crippen LogP contribution in [-0.4, -0.2) is 58.7 Å². The van der Waals surface area contributed by atoms with Crippen molar-refractivity contribution < 1.29 is 23.5 Å². The first-order valence-corrected chi connectivity index (χ1v) is 14.5. The van der Waals surface area contributed by atoms with E-state index in [4.69, 9.17) is 4.74 Å². The number of carbonyl (C=O) groups is 3. The van der Waals surface area contributed by atoms with Crippen LogP contribution in [0, 0.1) is 11.7 Å². The number of benzene rings is 2. The highest BCUT2D eigenvalue weighted by molar-refractivity contribution is 9.10. The van der Waals surface area contributed by atoms with Crippen molar-refractivity contribution >= 4 is 62.4 Å². The topological polar surface area (TPSA) is 88.9 Å². The van der Waals surface area contributed by atoms with Gasteiger partial charge in [-0.25, -0.2) is 9.29 Å². The molecule has 3 amide bonds. The molecule has 3 aliphatic rings. The van der Waals surface area contributed by atoms with E-state index in [2.05, 4.69) is 15.9 Å². The molecule has 0 spiro atoms. The number of carbonyl (C=O) groups excluding carboxylic acids is 3. The minimum absolute atomic E-state index is 0.163. The SMILES string of the molecule is O=C(Cn1c2c(sc1=O)[C@H](c1ccc(F)cc1)C1C(=O)N(c3ccc(Br)cc3)C(=O)C1S2)N1CCOCC1. The maximum absolute atomic E-state index is 13.8. The molecule has 0 radical (unpaired) electrons. The molecular formula is C26H21BrFN3O5S2. The van der Waals surface area contributed by atoms with Gasteiger partial charge in [-0.3, -0.25) is 23.7 Å². The zero-order valence-corrected chi connectivity index (χ0v) is 23.1. The molecule has 3 atom stereocenters. The Hall–Kier alpha value is -2.80. The normalized spacial score (nSPS) is 22.9. The number of morpholine rings is 1. The van der Waals surface area contributed by atoms with E-state index in [-0.39, 0.29) is 29.1 Å². The van der Waals surface area contributed by atoms with Crippen molar-refractivity contribution in [2.75, 3.05) is 31.2 Å². The first-order valence-electron chi connectivity index (χ1n) is 12.0. The van der Waals surface area contributed by atoms with Crippen molar-refractivity contribution in [1.29, 1.82) is 0 Å². The summed E-state index contributed by atoms with van der Waals surface area (Å²) in [5.41, 5.74) is 1.09. The first-order chi connectivity index (χ1) is 18.3. The fourth-order valence-electron chi connectivity index (χ4n) is 5.18. The summed E-state index contributed by atoms with van der Waals surface area (Å²) in [6, 6.07) is 12.7. The van der Waals surface area contributed by atoms with E-state index < -0.39 is 22.9 Å². The predicted molar refractivity (Wildman–Crippen MR) is 144 cm³/mol. The lowest BCUT2D eigenvalue weighted by Crippen LogP contribution is -2.43. The molecule has 2 unspecified atom stereocenters. The third-order valence-electron chi connectivity index (χ3n) is 7.02. The fourth-order valence-corrected chi connectivity index (χ4v) is 8.21. The number of aromatic nitrogens is 1. The minimum atomic E-state index is -0.799. The van der Waals surface area contributed by atoms with Gasteiger partial charge in [-0.05, 0) is 42.0 Å². The molecule has 3 aliphatic heterocycles. The van der Waals surface area contributed by atoms with Gasteiger partial charge in [0.25, 0.3) is 0 Å². The van der Waals surface area contributed by atoms with Crippen molar-refractivity contribution in [3.05, 3.63) is 78.9 Å². The number of anilines is 1. The lowest BCUT2D eigenvalue weighted by molar-refractivity contribution is -0.136. The van der Waals surface area contributed by atoms with E-state index in [1.807, 2.05) is 0 Å². The molecule has 8 nitrogen and oxygen atoms in total. The predicted octanol–water partition coefficient (Wildman–Crippen LogP) is 3.47. The molecule has 1 aromatic heterocycles. The standard InChI is InChI=1S/C26H21BrFN3O5S2/c27-15-3-7-17(8-4-15)31-23(33)20-19(14-1-5-16(28)6-2-14)22-25(37-21(20)24(31)34)30(26(35)38-22)13-18(32)29-9-11-36-12-10-29/h1-8,19-21H,9-13H2/t19-,20?,21?/m1/s1. The van der Waals surface area contributed by atoms with Crippen LogP contribution in [0.3, 0.4) is 0 Å². The van der Waals surface area contributed by atoms with Gasteiger partial charge in [0.2, 0.25) is 17.7 Å². The molecule has 12 heteroatoms. The second-order valence-electron chi connectivity index (χ2n) is 9.20. The number of amides is 3. The Balaban J connectivity index is 1.43. The van der Waals surface area contributed by atoms with E-state index >= 15 is 0 Å². The number of thiazole rings is 1. The molecule has 0 N–H and O–H groups in total. The van der Waals surface area contributed by atoms with Gasteiger partial charge in [0.15, 0.2) is 0 Å². The van der Waals surface area contributed by atoms with E-state index in [1.54, 1.807) is 41.3 Å². The summed E-state index contributed by atoms with van der Waals surface area (Å²) in [6.45, 7) is 1.62. The number of fused-ring (bicyclic) bond motifs is 2. The van der Waals surface area contributed by atoms with Crippen LogP contribution in [0.4, 0.5) is 10.1 Å². The zero-order chi connectivity index (χ0) is 26.6. The highest BCUT2D eigenvalue weighted by Gasteiger charge is 2.56. The summed E-state index contributed by atoms with van der Waals surface area (Å²) < 4.78 is 21.4. The Morgan fingerprint density at radius 1 is 1.00 bits per heavy atom. The van der Waals surface area contributed by atoms with Crippen molar-refractivity contribution in [3.8, 4) is 0 Å². The van der Waals surface area contributed by atoms with Crippen LogP contribution in [0.2, 0.25) is 0 Å². The minimum Gasteiger partial charge on any atom is -0.378 e. The quantitative estimate of drug-likeness (QED) is 0.417. The van der Waals surface area contributed by atoms with Gasteiger partial charge < -0.3 is 9.64 Å². The summed E-state index contributed by atoms with van der Waals surface area (Å²) in [4.78, 5) is 56.9. The Kier molecular flexibility index (Phi) is 6.75. The van der Waals surface area contributed by atoms with E-state index in [1.165, 1.54) is 21.6 Å². The van der Waals surface area contributed by atoms with Gasteiger partial charge in [-0.2, -0.15) is 0 Å². The van der Waals surface area contributed by atoms with Crippen LogP contribution in [0.15, 0.2) is 62.8 Å². The molecule has 0 bridgehead atoms. The third-order valence-corrected chi connectivity index (χ3v) is 10.2. The van der Waals surface area contributed by atoms with E-state index in [9.17, 15) is 23.6 Å².